The quantitative estimate of drug-likeness (QED) is 0.556. The third-order valence-corrected chi connectivity index (χ3v) is 3.76. The molecule has 0 amide bonds. The molecule has 0 radical (unpaired) electrons. The average Bonchev–Trinajstić information content (AvgIpc) is 2.93. The average molecular weight is 314 g/mol. The van der Waals surface area contributed by atoms with Crippen molar-refractivity contribution in [3.63, 3.8) is 0 Å². The van der Waals surface area contributed by atoms with Gasteiger partial charge in [-0.2, -0.15) is 4.98 Å². The lowest BCUT2D eigenvalue weighted by Gasteiger charge is -2.00. The van der Waals surface area contributed by atoms with Crippen LogP contribution in [0.25, 0.3) is 11.4 Å². The van der Waals surface area contributed by atoms with Crippen molar-refractivity contribution in [2.24, 2.45) is 0 Å². The fourth-order valence-corrected chi connectivity index (χ4v) is 2.61. The maximum Gasteiger partial charge on any atom is 0.237 e. The van der Waals surface area contributed by atoms with Gasteiger partial charge in [0.25, 0.3) is 0 Å². The van der Waals surface area contributed by atoms with Gasteiger partial charge in [0, 0.05) is 11.6 Å². The number of anilines is 2. The Morgan fingerprint density at radius 3 is 2.55 bits per heavy atom. The lowest BCUT2D eigenvalue weighted by atomic mass is 10.1. The molecule has 0 aliphatic carbocycles. The number of rotatable bonds is 4. The molecule has 0 atom stereocenters. The maximum absolute atomic E-state index is 5.63. The van der Waals surface area contributed by atoms with Gasteiger partial charge in [-0.3, -0.25) is 0 Å². The Morgan fingerprint density at radius 1 is 1.09 bits per heavy atom. The van der Waals surface area contributed by atoms with Crippen LogP contribution in [0.1, 0.15) is 11.5 Å². The summed E-state index contributed by atoms with van der Waals surface area (Å²) in [7, 11) is 0. The van der Waals surface area contributed by atoms with Crippen LogP contribution in [0.4, 0.5) is 11.6 Å². The molecule has 8 heteroatoms. The van der Waals surface area contributed by atoms with E-state index in [1.807, 2.05) is 31.2 Å². The van der Waals surface area contributed by atoms with Crippen molar-refractivity contribution in [2.45, 2.75) is 17.8 Å². The van der Waals surface area contributed by atoms with E-state index < -0.39 is 0 Å². The van der Waals surface area contributed by atoms with Gasteiger partial charge in [0.2, 0.25) is 11.7 Å². The lowest BCUT2D eigenvalue weighted by Crippen LogP contribution is -1.99. The van der Waals surface area contributed by atoms with Gasteiger partial charge in [-0.1, -0.05) is 41.2 Å². The Balaban J connectivity index is 1.73. The van der Waals surface area contributed by atoms with E-state index in [2.05, 4.69) is 20.1 Å². The first-order chi connectivity index (χ1) is 10.6. The molecule has 4 N–H and O–H groups in total. The van der Waals surface area contributed by atoms with Crippen LogP contribution in [0, 0.1) is 6.92 Å². The van der Waals surface area contributed by atoms with Crippen LogP contribution < -0.4 is 11.5 Å². The first-order valence-electron chi connectivity index (χ1n) is 6.53. The fraction of sp³-hybridized carbons (Fsp3) is 0.143. The van der Waals surface area contributed by atoms with Gasteiger partial charge >= 0.3 is 0 Å². The smallest absolute Gasteiger partial charge is 0.237 e. The molecular weight excluding hydrogens is 300 g/mol. The van der Waals surface area contributed by atoms with Gasteiger partial charge in [-0.15, -0.1) is 0 Å². The van der Waals surface area contributed by atoms with E-state index in [4.69, 9.17) is 16.0 Å². The largest absolute Gasteiger partial charge is 0.383 e. The number of nitrogens with zero attached hydrogens (tertiary/aromatic N) is 4. The normalized spacial score (nSPS) is 10.8. The number of nitrogens with two attached hydrogens (primary N) is 2. The summed E-state index contributed by atoms with van der Waals surface area (Å²) >= 11 is 1.34. The zero-order valence-corrected chi connectivity index (χ0v) is 12.7. The van der Waals surface area contributed by atoms with Crippen LogP contribution in [0.15, 0.2) is 40.0 Å². The van der Waals surface area contributed by atoms with Crippen molar-refractivity contribution in [1.82, 2.24) is 20.1 Å². The summed E-state index contributed by atoms with van der Waals surface area (Å²) in [6, 6.07) is 9.38. The van der Waals surface area contributed by atoms with Crippen molar-refractivity contribution in [3.05, 3.63) is 41.8 Å². The summed E-state index contributed by atoms with van der Waals surface area (Å²) in [5, 5.41) is 4.48. The van der Waals surface area contributed by atoms with E-state index in [0.717, 1.165) is 11.1 Å². The number of aromatic nitrogens is 4. The zero-order chi connectivity index (χ0) is 15.5. The van der Waals surface area contributed by atoms with Crippen LogP contribution >= 0.6 is 11.8 Å². The van der Waals surface area contributed by atoms with E-state index in [9.17, 15) is 0 Å². The van der Waals surface area contributed by atoms with Crippen LogP contribution in [0.3, 0.4) is 0 Å². The minimum absolute atomic E-state index is 0.334. The summed E-state index contributed by atoms with van der Waals surface area (Å²) in [5.41, 5.74) is 13.3. The third kappa shape index (κ3) is 3.17. The first kappa shape index (κ1) is 14.3. The van der Waals surface area contributed by atoms with Crippen molar-refractivity contribution in [1.29, 1.82) is 0 Å². The second-order valence-corrected chi connectivity index (χ2v) is 5.56. The number of thioether (sulfide) groups is 1. The summed E-state index contributed by atoms with van der Waals surface area (Å²) in [5.74, 6) is 2.18. The predicted molar refractivity (Wildman–Crippen MR) is 84.9 cm³/mol. The van der Waals surface area contributed by atoms with Crippen LogP contribution in [-0.2, 0) is 5.75 Å². The number of hydrogen-bond donors (Lipinski definition) is 2. The second-order valence-electron chi connectivity index (χ2n) is 4.62. The molecule has 0 bridgehead atoms. The van der Waals surface area contributed by atoms with Crippen LogP contribution in [0.5, 0.6) is 0 Å². The summed E-state index contributed by atoms with van der Waals surface area (Å²) in [6.45, 7) is 2.00. The molecule has 0 unspecified atom stereocenters. The van der Waals surface area contributed by atoms with Gasteiger partial charge < -0.3 is 16.0 Å². The Morgan fingerprint density at radius 2 is 1.82 bits per heavy atom. The Labute approximate surface area is 131 Å². The fourth-order valence-electron chi connectivity index (χ4n) is 1.90. The summed E-state index contributed by atoms with van der Waals surface area (Å²) in [4.78, 5) is 12.6. The minimum Gasteiger partial charge on any atom is -0.383 e. The molecule has 0 fully saturated rings. The molecule has 0 aliphatic rings. The van der Waals surface area contributed by atoms with Crippen molar-refractivity contribution in [2.75, 3.05) is 11.5 Å². The van der Waals surface area contributed by atoms with E-state index in [0.29, 0.717) is 34.3 Å². The van der Waals surface area contributed by atoms with Gasteiger partial charge in [0.05, 0.1) is 5.75 Å². The molecule has 0 aliphatic heterocycles. The number of nitrogen functional groups attached to an aromatic ring is 2. The van der Waals surface area contributed by atoms with E-state index in [1.165, 1.54) is 17.8 Å². The van der Waals surface area contributed by atoms with Gasteiger partial charge in [-0.25, -0.2) is 9.97 Å². The lowest BCUT2D eigenvalue weighted by molar-refractivity contribution is 0.391. The number of hydrogen-bond acceptors (Lipinski definition) is 8. The van der Waals surface area contributed by atoms with Gasteiger partial charge in [0.15, 0.2) is 5.16 Å². The number of aryl methyl sites for hydroxylation is 1. The summed E-state index contributed by atoms with van der Waals surface area (Å²) in [6.07, 6.45) is 0. The topological polar surface area (TPSA) is 117 Å². The molecule has 7 nitrogen and oxygen atoms in total. The highest BCUT2D eigenvalue weighted by atomic mass is 32.2. The SMILES string of the molecule is Cc1ccccc1-c1noc(CSc2nc(N)cc(N)n2)n1. The van der Waals surface area contributed by atoms with Crippen molar-refractivity contribution >= 4 is 23.4 Å². The minimum atomic E-state index is 0.334. The second kappa shape index (κ2) is 6.02. The molecule has 0 saturated heterocycles. The Kier molecular flexibility index (Phi) is 3.92. The molecule has 112 valence electrons. The molecule has 3 rings (SSSR count). The van der Waals surface area contributed by atoms with E-state index in [1.54, 1.807) is 0 Å². The van der Waals surface area contributed by atoms with Crippen LogP contribution in [0.2, 0.25) is 0 Å². The highest BCUT2D eigenvalue weighted by Gasteiger charge is 2.11. The Bertz CT molecular complexity index is 783. The van der Waals surface area contributed by atoms with Gasteiger partial charge in [0.1, 0.15) is 11.6 Å². The Hall–Kier alpha value is -2.61. The van der Waals surface area contributed by atoms with E-state index >= 15 is 0 Å². The molecule has 3 aromatic rings. The summed E-state index contributed by atoms with van der Waals surface area (Å²) < 4.78 is 5.26. The first-order valence-corrected chi connectivity index (χ1v) is 7.52. The maximum atomic E-state index is 5.63. The molecule has 22 heavy (non-hydrogen) atoms. The molecular formula is C14H14N6OS. The number of benzene rings is 1. The van der Waals surface area contributed by atoms with Crippen LogP contribution in [-0.4, -0.2) is 20.1 Å². The van der Waals surface area contributed by atoms with Crippen molar-refractivity contribution in [3.8, 4) is 11.4 Å². The zero-order valence-electron chi connectivity index (χ0n) is 11.9. The molecule has 2 heterocycles. The highest BCUT2D eigenvalue weighted by Crippen LogP contribution is 2.23. The molecule has 2 aromatic heterocycles. The monoisotopic (exact) mass is 314 g/mol. The highest BCUT2D eigenvalue weighted by molar-refractivity contribution is 7.98. The molecule has 0 saturated carbocycles. The molecule has 0 spiro atoms. The van der Waals surface area contributed by atoms with Crippen molar-refractivity contribution < 1.29 is 4.52 Å². The predicted octanol–water partition coefficient (Wildman–Crippen LogP) is 2.29. The third-order valence-electron chi connectivity index (χ3n) is 2.92. The molecule has 1 aromatic carbocycles. The van der Waals surface area contributed by atoms with Gasteiger partial charge in [-0.05, 0) is 12.5 Å². The standard InChI is InChI=1S/C14H14N6OS/c1-8-4-2-3-5-9(8)13-19-12(21-20-13)7-22-14-17-10(15)6-11(16)18-14/h2-6H,7H2,1H3,(H4,15,16,17,18). The van der Waals surface area contributed by atoms with E-state index in [-0.39, 0.29) is 0 Å².